The van der Waals surface area contributed by atoms with Crippen LogP contribution in [0.1, 0.15) is 64.0 Å². The van der Waals surface area contributed by atoms with Crippen molar-refractivity contribution >= 4 is 6.09 Å². The fourth-order valence-electron chi connectivity index (χ4n) is 3.60. The van der Waals surface area contributed by atoms with E-state index >= 15 is 0 Å². The lowest BCUT2D eigenvalue weighted by molar-refractivity contribution is 0.143. The zero-order valence-electron chi connectivity index (χ0n) is 17.5. The van der Waals surface area contributed by atoms with Crippen molar-refractivity contribution in [3.8, 4) is 17.0 Å². The fraction of sp³-hybridized carbons (Fsp3) is 0.591. The Morgan fingerprint density at radius 1 is 1.21 bits per heavy atom. The standard InChI is InChI=1S/C22H32N4O3/c1-3-4-8-13-28-22(27)24-16-21-19(15-25-26(21)2)20-12-11-18(14-23-20)29-17-9-6-5-7-10-17/h11-12,14-15,17H,3-10,13,16H2,1-2H3,(H,24,27). The van der Waals surface area contributed by atoms with Crippen molar-refractivity contribution in [1.29, 1.82) is 0 Å². The van der Waals surface area contributed by atoms with Crippen LogP contribution in [0, 0.1) is 0 Å². The molecule has 1 N–H and O–H groups in total. The van der Waals surface area contributed by atoms with Crippen LogP contribution in [0.5, 0.6) is 5.75 Å². The number of carbonyl (C=O) groups excluding carboxylic acids is 1. The van der Waals surface area contributed by atoms with Gasteiger partial charge in [-0.05, 0) is 44.2 Å². The summed E-state index contributed by atoms with van der Waals surface area (Å²) in [5, 5.41) is 7.13. The summed E-state index contributed by atoms with van der Waals surface area (Å²) >= 11 is 0. The summed E-state index contributed by atoms with van der Waals surface area (Å²) in [5.41, 5.74) is 2.58. The van der Waals surface area contributed by atoms with Gasteiger partial charge in [0.15, 0.2) is 0 Å². The highest BCUT2D eigenvalue weighted by Gasteiger charge is 2.16. The zero-order valence-corrected chi connectivity index (χ0v) is 17.5. The van der Waals surface area contributed by atoms with Crippen molar-refractivity contribution in [1.82, 2.24) is 20.1 Å². The number of aryl methyl sites for hydroxylation is 1. The summed E-state index contributed by atoms with van der Waals surface area (Å²) in [6.07, 6.45) is 12.5. The molecule has 158 valence electrons. The molecule has 1 amide bonds. The van der Waals surface area contributed by atoms with Crippen molar-refractivity contribution in [2.24, 2.45) is 7.05 Å². The largest absolute Gasteiger partial charge is 0.489 e. The number of amides is 1. The van der Waals surface area contributed by atoms with Gasteiger partial charge in [-0.1, -0.05) is 26.2 Å². The molecular formula is C22H32N4O3. The normalized spacial score (nSPS) is 14.6. The summed E-state index contributed by atoms with van der Waals surface area (Å²) in [5.74, 6) is 0.805. The number of nitrogens with zero attached hydrogens (tertiary/aromatic N) is 3. The molecule has 0 atom stereocenters. The van der Waals surface area contributed by atoms with Crippen LogP contribution in [0.3, 0.4) is 0 Å². The van der Waals surface area contributed by atoms with Crippen molar-refractivity contribution in [2.45, 2.75) is 70.9 Å². The van der Waals surface area contributed by atoms with Crippen LogP contribution in [0.25, 0.3) is 11.3 Å². The van der Waals surface area contributed by atoms with E-state index in [0.29, 0.717) is 19.3 Å². The van der Waals surface area contributed by atoms with E-state index in [1.54, 1.807) is 17.1 Å². The van der Waals surface area contributed by atoms with Crippen LogP contribution in [0.2, 0.25) is 0 Å². The lowest BCUT2D eigenvalue weighted by Gasteiger charge is -2.22. The molecule has 0 spiro atoms. The molecule has 1 fully saturated rings. The van der Waals surface area contributed by atoms with Gasteiger partial charge in [0, 0.05) is 12.6 Å². The van der Waals surface area contributed by atoms with Gasteiger partial charge in [-0.3, -0.25) is 9.67 Å². The third-order valence-electron chi connectivity index (χ3n) is 5.31. The predicted molar refractivity (Wildman–Crippen MR) is 112 cm³/mol. The van der Waals surface area contributed by atoms with Gasteiger partial charge in [0.05, 0.1) is 43.0 Å². The maximum atomic E-state index is 11.9. The molecule has 2 heterocycles. The highest BCUT2D eigenvalue weighted by molar-refractivity contribution is 5.68. The maximum Gasteiger partial charge on any atom is 0.407 e. The van der Waals surface area contributed by atoms with E-state index in [1.807, 2.05) is 19.2 Å². The smallest absolute Gasteiger partial charge is 0.407 e. The fourth-order valence-corrected chi connectivity index (χ4v) is 3.60. The van der Waals surface area contributed by atoms with Crippen LogP contribution < -0.4 is 10.1 Å². The molecule has 2 aromatic rings. The molecule has 0 radical (unpaired) electrons. The molecule has 1 aliphatic carbocycles. The summed E-state index contributed by atoms with van der Waals surface area (Å²) in [7, 11) is 1.85. The average molecular weight is 401 g/mol. The summed E-state index contributed by atoms with van der Waals surface area (Å²) in [6, 6.07) is 3.91. The number of unbranched alkanes of at least 4 members (excludes halogenated alkanes) is 2. The number of carbonyl (C=O) groups is 1. The molecule has 0 aromatic carbocycles. The minimum Gasteiger partial charge on any atom is -0.489 e. The average Bonchev–Trinajstić information content (AvgIpc) is 3.11. The van der Waals surface area contributed by atoms with Gasteiger partial charge >= 0.3 is 6.09 Å². The first kappa shape index (κ1) is 21.1. The van der Waals surface area contributed by atoms with E-state index in [9.17, 15) is 4.79 Å². The first-order chi connectivity index (χ1) is 14.2. The van der Waals surface area contributed by atoms with Crippen molar-refractivity contribution in [3.05, 3.63) is 30.2 Å². The second kappa shape index (κ2) is 10.8. The number of nitrogens with one attached hydrogen (secondary N) is 1. The highest BCUT2D eigenvalue weighted by Crippen LogP contribution is 2.26. The summed E-state index contributed by atoms with van der Waals surface area (Å²) in [6.45, 7) is 2.90. The molecule has 0 unspecified atom stereocenters. The molecule has 0 saturated heterocycles. The third kappa shape index (κ3) is 6.21. The van der Waals surface area contributed by atoms with E-state index in [4.69, 9.17) is 9.47 Å². The van der Waals surface area contributed by atoms with Gasteiger partial charge in [0.1, 0.15) is 5.75 Å². The molecule has 29 heavy (non-hydrogen) atoms. The van der Waals surface area contributed by atoms with Gasteiger partial charge in [-0.2, -0.15) is 5.10 Å². The Hall–Kier alpha value is -2.57. The van der Waals surface area contributed by atoms with Gasteiger partial charge in [0.25, 0.3) is 0 Å². The number of ether oxygens (including phenoxy) is 2. The molecule has 1 aliphatic rings. The highest BCUT2D eigenvalue weighted by atomic mass is 16.5. The zero-order chi connectivity index (χ0) is 20.5. The van der Waals surface area contributed by atoms with Gasteiger partial charge in [-0.25, -0.2) is 4.79 Å². The number of pyridine rings is 1. The Morgan fingerprint density at radius 2 is 2.03 bits per heavy atom. The minimum atomic E-state index is -0.405. The van der Waals surface area contributed by atoms with Crippen LogP contribution in [-0.4, -0.2) is 33.6 Å². The van der Waals surface area contributed by atoms with Crippen LogP contribution in [0.15, 0.2) is 24.5 Å². The Labute approximate surface area is 172 Å². The minimum absolute atomic E-state index is 0.304. The van der Waals surface area contributed by atoms with E-state index in [-0.39, 0.29) is 0 Å². The van der Waals surface area contributed by atoms with Crippen LogP contribution in [0.4, 0.5) is 4.79 Å². The molecular weight excluding hydrogens is 368 g/mol. The second-order valence-electron chi connectivity index (χ2n) is 7.58. The lowest BCUT2D eigenvalue weighted by atomic mass is 9.98. The van der Waals surface area contributed by atoms with E-state index < -0.39 is 6.09 Å². The number of rotatable bonds is 9. The first-order valence-electron chi connectivity index (χ1n) is 10.7. The van der Waals surface area contributed by atoms with E-state index in [2.05, 4.69) is 22.3 Å². The molecule has 0 aliphatic heterocycles. The van der Waals surface area contributed by atoms with Crippen molar-refractivity contribution in [3.63, 3.8) is 0 Å². The Morgan fingerprint density at radius 3 is 2.76 bits per heavy atom. The molecule has 3 rings (SSSR count). The Bertz CT molecular complexity index is 767. The summed E-state index contributed by atoms with van der Waals surface area (Å²) in [4.78, 5) is 16.5. The number of alkyl carbamates (subject to hydrolysis) is 1. The second-order valence-corrected chi connectivity index (χ2v) is 7.58. The molecule has 0 bridgehead atoms. The van der Waals surface area contributed by atoms with Gasteiger partial charge < -0.3 is 14.8 Å². The predicted octanol–water partition coefficient (Wildman–Crippen LogP) is 4.61. The lowest BCUT2D eigenvalue weighted by Crippen LogP contribution is -2.25. The Kier molecular flexibility index (Phi) is 7.90. The third-order valence-corrected chi connectivity index (χ3v) is 5.31. The number of hydrogen-bond acceptors (Lipinski definition) is 5. The molecule has 2 aromatic heterocycles. The van der Waals surface area contributed by atoms with Crippen LogP contribution >= 0.6 is 0 Å². The quantitative estimate of drug-likeness (QED) is 0.622. The topological polar surface area (TPSA) is 78.3 Å². The number of hydrogen-bond donors (Lipinski definition) is 1. The Balaban J connectivity index is 1.57. The van der Waals surface area contributed by atoms with Gasteiger partial charge in [-0.15, -0.1) is 0 Å². The maximum absolute atomic E-state index is 11.9. The number of aromatic nitrogens is 3. The van der Waals surface area contributed by atoms with E-state index in [0.717, 1.165) is 54.8 Å². The summed E-state index contributed by atoms with van der Waals surface area (Å²) < 4.78 is 13.0. The molecule has 7 heteroatoms. The van der Waals surface area contributed by atoms with Crippen LogP contribution in [-0.2, 0) is 18.3 Å². The monoisotopic (exact) mass is 400 g/mol. The van der Waals surface area contributed by atoms with Crippen molar-refractivity contribution < 1.29 is 14.3 Å². The molecule has 7 nitrogen and oxygen atoms in total. The van der Waals surface area contributed by atoms with Gasteiger partial charge in [0.2, 0.25) is 0 Å². The van der Waals surface area contributed by atoms with E-state index in [1.165, 1.54) is 19.3 Å². The SMILES string of the molecule is CCCCCOC(=O)NCc1c(-c2ccc(OC3CCCCC3)cn2)cnn1C. The molecule has 1 saturated carbocycles. The first-order valence-corrected chi connectivity index (χ1v) is 10.7. The van der Waals surface area contributed by atoms with Crippen molar-refractivity contribution in [2.75, 3.05) is 6.61 Å².